The molecule has 36 heavy (non-hydrogen) atoms. The van der Waals surface area contributed by atoms with E-state index in [-0.39, 0.29) is 24.5 Å². The maximum Gasteiger partial charge on any atom is 0.407 e. The molecule has 3 rings (SSSR count). The molecule has 204 valence electrons. The Balaban J connectivity index is 1.28. The molecule has 1 aromatic heterocycles. The van der Waals surface area contributed by atoms with Crippen LogP contribution in [0, 0.1) is 23.7 Å². The molecule has 4 N–H and O–H groups in total. The van der Waals surface area contributed by atoms with E-state index in [9.17, 15) is 14.2 Å². The first-order valence-electron chi connectivity index (χ1n) is 13.7. The molecule has 1 aromatic rings. The summed E-state index contributed by atoms with van der Waals surface area (Å²) in [5.74, 6) is 1.21. The molecule has 0 aromatic carbocycles. The van der Waals surface area contributed by atoms with Crippen LogP contribution >= 0.6 is 8.20 Å². The van der Waals surface area contributed by atoms with Gasteiger partial charge in [-0.1, -0.05) is 31.4 Å². The number of nitrogens with zero attached hydrogens (tertiary/aromatic N) is 3. The molecule has 0 bridgehead atoms. The quantitative estimate of drug-likeness (QED) is 0.218. The lowest BCUT2D eigenvalue weighted by Crippen LogP contribution is -2.26. The molecule has 11 nitrogen and oxygen atoms in total. The van der Waals surface area contributed by atoms with E-state index in [1.54, 1.807) is 0 Å². The highest BCUT2D eigenvalue weighted by atomic mass is 31.1. The summed E-state index contributed by atoms with van der Waals surface area (Å²) in [6.07, 6.45) is 9.25. The van der Waals surface area contributed by atoms with Crippen LogP contribution in [0.25, 0.3) is 0 Å². The van der Waals surface area contributed by atoms with Crippen molar-refractivity contribution in [1.29, 1.82) is 1.28 Å². The normalized spacial score (nSPS) is 23.7. The molecular formula is C24H42N5O6P. The van der Waals surface area contributed by atoms with Crippen molar-refractivity contribution < 1.29 is 28.3 Å². The first-order chi connectivity index (χ1) is 17.7. The number of carbonyl (C=O) groups is 2. The van der Waals surface area contributed by atoms with Crippen molar-refractivity contribution in [2.24, 2.45) is 29.4 Å². The summed E-state index contributed by atoms with van der Waals surface area (Å²) in [5.41, 5.74) is 7.65. The van der Waals surface area contributed by atoms with Gasteiger partial charge in [-0.3, -0.25) is 9.36 Å². The number of alkyl carbamates (subject to hydrolysis) is 1. The minimum Gasteiger partial charge on any atom is -0.449 e. The van der Waals surface area contributed by atoms with Crippen LogP contribution in [0.2, 0.25) is 0 Å². The van der Waals surface area contributed by atoms with E-state index < -0.39 is 8.20 Å². The van der Waals surface area contributed by atoms with E-state index in [0.717, 1.165) is 76.4 Å². The lowest BCUT2D eigenvalue weighted by molar-refractivity contribution is -0.121. The number of amides is 2. The Morgan fingerprint density at radius 1 is 1.22 bits per heavy atom. The van der Waals surface area contributed by atoms with Gasteiger partial charge in [-0.2, -0.15) is 0 Å². The Labute approximate surface area is 215 Å². The van der Waals surface area contributed by atoms with Gasteiger partial charge in [0.05, 0.1) is 24.6 Å². The zero-order chi connectivity index (χ0) is 26.8. The number of hydrogen-bond acceptors (Lipinski definition) is 7. The third kappa shape index (κ3) is 9.16. The van der Waals surface area contributed by atoms with Gasteiger partial charge in [-0.05, 0) is 69.1 Å². The van der Waals surface area contributed by atoms with Crippen molar-refractivity contribution in [2.75, 3.05) is 19.8 Å². The van der Waals surface area contributed by atoms with Crippen molar-refractivity contribution >= 4 is 20.2 Å². The van der Waals surface area contributed by atoms with Gasteiger partial charge in [0.2, 0.25) is 5.91 Å². The van der Waals surface area contributed by atoms with Crippen LogP contribution in [0.5, 0.6) is 0 Å². The van der Waals surface area contributed by atoms with Crippen LogP contribution in [-0.4, -0.2) is 52.9 Å². The summed E-state index contributed by atoms with van der Waals surface area (Å²) >= 11 is 0. The van der Waals surface area contributed by atoms with E-state index >= 15 is 0 Å². The van der Waals surface area contributed by atoms with Crippen LogP contribution < -0.4 is 11.1 Å². The highest BCUT2D eigenvalue weighted by Gasteiger charge is 2.50. The molecule has 1 saturated carbocycles. The molecule has 2 unspecified atom stereocenters. The van der Waals surface area contributed by atoms with Gasteiger partial charge in [0.1, 0.15) is 0 Å². The second-order valence-electron chi connectivity index (χ2n) is 10.1. The summed E-state index contributed by atoms with van der Waals surface area (Å²) < 4.78 is 29.5. The molecule has 2 aliphatic rings. The maximum absolute atomic E-state index is 12.1. The molecule has 5 atom stereocenters. The van der Waals surface area contributed by atoms with Crippen LogP contribution in [-0.2, 0) is 38.0 Å². The molecule has 0 spiro atoms. The number of nitrogens with one attached hydrogen (secondary N) is 1. The number of rotatable bonds is 16. The number of unbranched alkanes of at least 4 members (excludes halogenated alkanes) is 4. The summed E-state index contributed by atoms with van der Waals surface area (Å²) in [5, 5.41) is 11.6. The van der Waals surface area contributed by atoms with Gasteiger partial charge >= 0.3 is 14.3 Å². The fourth-order valence-corrected chi connectivity index (χ4v) is 5.53. The Morgan fingerprint density at radius 2 is 1.97 bits per heavy atom. The Bertz CT molecular complexity index is 941. The van der Waals surface area contributed by atoms with Crippen molar-refractivity contribution in [3.8, 4) is 0 Å². The third-order valence-electron chi connectivity index (χ3n) is 7.55. The van der Waals surface area contributed by atoms with Gasteiger partial charge < -0.3 is 25.2 Å². The number of hydrogen-bond donors (Lipinski definition) is 3. The molecule has 1 fully saturated rings. The molecule has 0 saturated heterocycles. The zero-order valence-corrected chi connectivity index (χ0v) is 22.2. The van der Waals surface area contributed by atoms with Gasteiger partial charge in [0.15, 0.2) is 1.28 Å². The minimum atomic E-state index is -4.13. The van der Waals surface area contributed by atoms with Crippen molar-refractivity contribution in [3.05, 3.63) is 11.4 Å². The first kappa shape index (κ1) is 27.1. The Hall–Kier alpha value is -1.97. The molecule has 0 aliphatic heterocycles. The zero-order valence-electron chi connectivity index (χ0n) is 22.3. The smallest absolute Gasteiger partial charge is 0.407 e. The van der Waals surface area contributed by atoms with E-state index in [1.165, 1.54) is 5.69 Å². The van der Waals surface area contributed by atoms with Crippen LogP contribution in [0.3, 0.4) is 0 Å². The highest BCUT2D eigenvalue weighted by Crippen LogP contribution is 2.52. The second-order valence-corrected chi connectivity index (χ2v) is 10.8. The number of carbonyl (C=O) groups excluding carboxylic acids is 2. The number of aryl methyl sites for hydroxylation is 2. The number of ether oxygens (including phenoxy) is 1. The predicted octanol–water partition coefficient (Wildman–Crippen LogP) is 3.00. The van der Waals surface area contributed by atoms with Gasteiger partial charge in [0.25, 0.3) is 0 Å². The minimum absolute atomic E-state index is 0.0909. The van der Waals surface area contributed by atoms with Crippen LogP contribution in [0.15, 0.2) is 0 Å². The number of fused-ring (bicyclic) bond motifs is 2. The first-order valence-corrected chi connectivity index (χ1v) is 14.4. The van der Waals surface area contributed by atoms with E-state index in [4.69, 9.17) is 16.6 Å². The standard InChI is InChI=1S/C24H42N5O6P/c1-17(23(25)30)8-4-6-14-29-22-12-10-19-18(9-11-21(22)27-28-29)20(19)16-34-24(31)26-13-5-2-3-7-15-35-36(32)33/h17-20,36H,2-16H2,1H3,(H2,25,30)(H,26,31)(H,32,33)/t17?,18-,19+,20-/m1/s1/i36T. The SMILES string of the molecule is [3H]P(=O)(O)OCCCCCCNC(=O)OC[C@@H]1[C@@H]2CCc3nnn(CCCCC(C)C(N)=O)c3CC[C@@H]21. The van der Waals surface area contributed by atoms with Crippen LogP contribution in [0.4, 0.5) is 4.79 Å². The van der Waals surface area contributed by atoms with Gasteiger partial charge in [-0.15, -0.1) is 5.10 Å². The lowest BCUT2D eigenvalue weighted by Gasteiger charge is -2.11. The van der Waals surface area contributed by atoms with E-state index in [2.05, 4.69) is 20.2 Å². The number of nitrogens with two attached hydrogens (primary N) is 1. The Kier molecular flexibility index (Phi) is 11.0. The van der Waals surface area contributed by atoms with Gasteiger partial charge in [0, 0.05) is 19.0 Å². The summed E-state index contributed by atoms with van der Waals surface area (Å²) in [6.45, 7) is 3.73. The fraction of sp³-hybridized carbons (Fsp3) is 0.833. The molecule has 12 heteroatoms. The number of primary amides is 1. The van der Waals surface area contributed by atoms with E-state index in [1.807, 2.05) is 11.6 Å². The van der Waals surface area contributed by atoms with E-state index in [0.29, 0.717) is 37.3 Å². The van der Waals surface area contributed by atoms with Crippen molar-refractivity contribution in [3.63, 3.8) is 0 Å². The predicted molar refractivity (Wildman–Crippen MR) is 134 cm³/mol. The molecular weight excluding hydrogens is 485 g/mol. The molecule has 2 amide bonds. The molecule has 1 heterocycles. The second kappa shape index (κ2) is 14.7. The van der Waals surface area contributed by atoms with Crippen LogP contribution in [0.1, 0.15) is 76.1 Å². The van der Waals surface area contributed by atoms with Gasteiger partial charge in [-0.25, -0.2) is 9.48 Å². The fourth-order valence-electron chi connectivity index (χ4n) is 5.24. The lowest BCUT2D eigenvalue weighted by atomic mass is 10.0. The maximum atomic E-state index is 12.1. The molecule has 2 aliphatic carbocycles. The average molecular weight is 530 g/mol. The summed E-state index contributed by atoms with van der Waals surface area (Å²) in [7, 11) is -4.13. The highest BCUT2D eigenvalue weighted by molar-refractivity contribution is 7.32. The molecule has 0 radical (unpaired) electrons. The largest absolute Gasteiger partial charge is 0.449 e. The topological polar surface area (TPSA) is 159 Å². The number of aromatic nitrogens is 3. The Morgan fingerprint density at radius 3 is 2.72 bits per heavy atom. The monoisotopic (exact) mass is 529 g/mol. The average Bonchev–Trinajstić information content (AvgIpc) is 3.34. The summed E-state index contributed by atoms with van der Waals surface area (Å²) in [6, 6.07) is 0. The third-order valence-corrected chi connectivity index (χ3v) is 7.95. The summed E-state index contributed by atoms with van der Waals surface area (Å²) in [4.78, 5) is 32.0. The van der Waals surface area contributed by atoms with Crippen molar-refractivity contribution in [2.45, 2.75) is 84.1 Å². The van der Waals surface area contributed by atoms with Crippen molar-refractivity contribution in [1.82, 2.24) is 20.3 Å².